The molecular weight excluding hydrogens is 224 g/mol. The first-order valence-corrected chi connectivity index (χ1v) is 7.41. The van der Waals surface area contributed by atoms with Crippen LogP contribution in [0.4, 0.5) is 0 Å². The molecule has 0 heterocycles. The number of carbonyl (C=O) groups excluding carboxylic acids is 1. The molecule has 2 rings (SSSR count). The van der Waals surface area contributed by atoms with Crippen molar-refractivity contribution in [2.45, 2.75) is 58.8 Å². The van der Waals surface area contributed by atoms with Crippen LogP contribution in [-0.4, -0.2) is 12.6 Å². The molecule has 0 aliphatic heterocycles. The molecule has 0 amide bonds. The molecule has 2 fully saturated rings. The van der Waals surface area contributed by atoms with Gasteiger partial charge in [0.05, 0.1) is 13.0 Å². The summed E-state index contributed by atoms with van der Waals surface area (Å²) in [7, 11) is 0. The summed E-state index contributed by atoms with van der Waals surface area (Å²) in [6.07, 6.45) is 8.19. The minimum absolute atomic E-state index is 0.0183. The molecule has 102 valence electrons. The Morgan fingerprint density at radius 2 is 2.11 bits per heavy atom. The molecule has 2 nitrogen and oxygen atoms in total. The Kier molecular flexibility index (Phi) is 4.14. The van der Waals surface area contributed by atoms with Crippen LogP contribution in [0.15, 0.2) is 12.2 Å². The highest BCUT2D eigenvalue weighted by Gasteiger charge is 2.46. The lowest BCUT2D eigenvalue weighted by Gasteiger charge is -2.49. The molecule has 18 heavy (non-hydrogen) atoms. The van der Waals surface area contributed by atoms with E-state index in [1.165, 1.54) is 37.7 Å². The summed E-state index contributed by atoms with van der Waals surface area (Å²) in [6.45, 7) is 8.86. The first-order valence-electron chi connectivity index (χ1n) is 7.41. The van der Waals surface area contributed by atoms with Crippen LogP contribution in [-0.2, 0) is 9.53 Å². The minimum Gasteiger partial charge on any atom is -0.466 e. The number of hydrogen-bond acceptors (Lipinski definition) is 2. The zero-order chi connectivity index (χ0) is 13.2. The highest BCUT2D eigenvalue weighted by molar-refractivity contribution is 5.71. The van der Waals surface area contributed by atoms with Crippen LogP contribution in [0.5, 0.6) is 0 Å². The van der Waals surface area contributed by atoms with Gasteiger partial charge in [-0.15, -0.1) is 0 Å². The number of fused-ring (bicyclic) bond motifs is 1. The summed E-state index contributed by atoms with van der Waals surface area (Å²) in [4.78, 5) is 11.9. The second kappa shape index (κ2) is 5.46. The van der Waals surface area contributed by atoms with Gasteiger partial charge in [-0.05, 0) is 38.0 Å². The zero-order valence-corrected chi connectivity index (χ0v) is 11.8. The van der Waals surface area contributed by atoms with Crippen LogP contribution < -0.4 is 0 Å². The molecule has 2 saturated carbocycles. The molecule has 0 N–H and O–H groups in total. The SMILES string of the molecule is C=C1CC[C@@H]2CCCC[C@H]2[C@@]1(C)CC(=O)OCC. The van der Waals surface area contributed by atoms with Gasteiger partial charge in [0.1, 0.15) is 0 Å². The fourth-order valence-electron chi connectivity index (χ4n) is 4.07. The second-order valence-electron chi connectivity index (χ2n) is 6.19. The molecule has 0 aromatic heterocycles. The summed E-state index contributed by atoms with van der Waals surface area (Å²) in [5, 5.41) is 0. The monoisotopic (exact) mass is 250 g/mol. The topological polar surface area (TPSA) is 26.3 Å². The predicted octanol–water partition coefficient (Wildman–Crippen LogP) is 4.10. The van der Waals surface area contributed by atoms with Gasteiger partial charge >= 0.3 is 5.97 Å². The Bertz CT molecular complexity index is 334. The van der Waals surface area contributed by atoms with E-state index >= 15 is 0 Å². The number of carbonyl (C=O) groups is 1. The van der Waals surface area contributed by atoms with Crippen molar-refractivity contribution in [2.75, 3.05) is 6.61 Å². The van der Waals surface area contributed by atoms with Crippen LogP contribution in [0.2, 0.25) is 0 Å². The number of ether oxygens (including phenoxy) is 1. The molecule has 0 saturated heterocycles. The van der Waals surface area contributed by atoms with E-state index in [9.17, 15) is 4.79 Å². The molecule has 0 aromatic rings. The lowest BCUT2D eigenvalue weighted by atomic mass is 9.55. The van der Waals surface area contributed by atoms with E-state index in [-0.39, 0.29) is 11.4 Å². The molecular formula is C16H26O2. The van der Waals surface area contributed by atoms with Crippen molar-refractivity contribution in [1.29, 1.82) is 0 Å². The molecule has 2 aliphatic rings. The zero-order valence-electron chi connectivity index (χ0n) is 11.8. The van der Waals surface area contributed by atoms with Crippen LogP contribution >= 0.6 is 0 Å². The molecule has 3 atom stereocenters. The lowest BCUT2D eigenvalue weighted by molar-refractivity contribution is -0.147. The Morgan fingerprint density at radius 1 is 1.39 bits per heavy atom. The van der Waals surface area contributed by atoms with Crippen molar-refractivity contribution in [3.8, 4) is 0 Å². The van der Waals surface area contributed by atoms with Crippen LogP contribution in [0.3, 0.4) is 0 Å². The molecule has 0 unspecified atom stereocenters. The first kappa shape index (κ1) is 13.6. The van der Waals surface area contributed by atoms with Crippen molar-refractivity contribution >= 4 is 5.97 Å². The number of hydrogen-bond donors (Lipinski definition) is 0. The summed E-state index contributed by atoms with van der Waals surface area (Å²) in [5.74, 6) is 1.41. The van der Waals surface area contributed by atoms with Gasteiger partial charge in [-0.1, -0.05) is 38.3 Å². The molecule has 0 aromatic carbocycles. The van der Waals surface area contributed by atoms with Crippen molar-refractivity contribution in [3.05, 3.63) is 12.2 Å². The Morgan fingerprint density at radius 3 is 2.83 bits per heavy atom. The van der Waals surface area contributed by atoms with Crippen LogP contribution in [0.25, 0.3) is 0 Å². The molecule has 0 bridgehead atoms. The quantitative estimate of drug-likeness (QED) is 0.557. The number of allylic oxidation sites excluding steroid dienone is 1. The van der Waals surface area contributed by atoms with Crippen LogP contribution in [0.1, 0.15) is 58.8 Å². The molecule has 0 spiro atoms. The van der Waals surface area contributed by atoms with Gasteiger partial charge < -0.3 is 4.74 Å². The fourth-order valence-corrected chi connectivity index (χ4v) is 4.07. The van der Waals surface area contributed by atoms with Gasteiger partial charge in [0.15, 0.2) is 0 Å². The maximum absolute atomic E-state index is 11.9. The third-order valence-electron chi connectivity index (χ3n) is 5.17. The van der Waals surface area contributed by atoms with Gasteiger partial charge in [-0.25, -0.2) is 0 Å². The average Bonchev–Trinajstić information content (AvgIpc) is 2.35. The maximum atomic E-state index is 11.9. The van der Waals surface area contributed by atoms with Gasteiger partial charge in [-0.2, -0.15) is 0 Å². The van der Waals surface area contributed by atoms with Crippen molar-refractivity contribution in [2.24, 2.45) is 17.3 Å². The molecule has 2 heteroatoms. The van der Waals surface area contributed by atoms with Crippen molar-refractivity contribution < 1.29 is 9.53 Å². The van der Waals surface area contributed by atoms with E-state index < -0.39 is 0 Å². The smallest absolute Gasteiger partial charge is 0.306 e. The van der Waals surface area contributed by atoms with E-state index in [1.54, 1.807) is 0 Å². The van der Waals surface area contributed by atoms with Gasteiger partial charge in [-0.3, -0.25) is 4.79 Å². The van der Waals surface area contributed by atoms with Gasteiger partial charge in [0.2, 0.25) is 0 Å². The van der Waals surface area contributed by atoms with E-state index in [0.29, 0.717) is 18.9 Å². The first-order chi connectivity index (χ1) is 8.58. The van der Waals surface area contributed by atoms with Crippen molar-refractivity contribution in [3.63, 3.8) is 0 Å². The third kappa shape index (κ3) is 2.48. The highest BCUT2D eigenvalue weighted by atomic mass is 16.5. The third-order valence-corrected chi connectivity index (χ3v) is 5.17. The van der Waals surface area contributed by atoms with E-state index in [0.717, 1.165) is 12.3 Å². The summed E-state index contributed by atoms with van der Waals surface area (Å²) >= 11 is 0. The lowest BCUT2D eigenvalue weighted by Crippen LogP contribution is -2.42. The second-order valence-corrected chi connectivity index (χ2v) is 6.19. The average molecular weight is 250 g/mol. The van der Waals surface area contributed by atoms with E-state index in [4.69, 9.17) is 4.74 Å². The van der Waals surface area contributed by atoms with E-state index in [1.807, 2.05) is 6.92 Å². The Labute approximate surface area is 111 Å². The fraction of sp³-hybridized carbons (Fsp3) is 0.812. The highest BCUT2D eigenvalue weighted by Crippen LogP contribution is 2.54. The Balaban J connectivity index is 2.14. The minimum atomic E-state index is -0.0487. The molecule has 2 aliphatic carbocycles. The standard InChI is InChI=1S/C16H26O2/c1-4-18-15(17)11-16(3)12(2)9-10-13-7-5-6-8-14(13)16/h13-14H,2,4-11H2,1,3H3/t13-,14+,16-/m0/s1. The van der Waals surface area contributed by atoms with E-state index in [2.05, 4.69) is 13.5 Å². The molecule has 0 radical (unpaired) electrons. The van der Waals surface area contributed by atoms with Gasteiger partial charge in [0.25, 0.3) is 0 Å². The van der Waals surface area contributed by atoms with Crippen molar-refractivity contribution in [1.82, 2.24) is 0 Å². The van der Waals surface area contributed by atoms with Crippen LogP contribution in [0, 0.1) is 17.3 Å². The maximum Gasteiger partial charge on any atom is 0.306 e. The summed E-state index contributed by atoms with van der Waals surface area (Å²) < 4.78 is 5.16. The number of rotatable bonds is 3. The summed E-state index contributed by atoms with van der Waals surface area (Å²) in [5.41, 5.74) is 1.26. The van der Waals surface area contributed by atoms with Gasteiger partial charge in [0, 0.05) is 5.41 Å². The number of esters is 1. The predicted molar refractivity (Wildman–Crippen MR) is 73.2 cm³/mol. The summed E-state index contributed by atoms with van der Waals surface area (Å²) in [6, 6.07) is 0. The Hall–Kier alpha value is -0.790. The largest absolute Gasteiger partial charge is 0.466 e. The normalized spacial score (nSPS) is 36.0.